The lowest BCUT2D eigenvalue weighted by molar-refractivity contribution is -0.131. The highest BCUT2D eigenvalue weighted by atomic mass is 16.2. The fourth-order valence-electron chi connectivity index (χ4n) is 2.06. The molecule has 0 bridgehead atoms. The van der Waals surface area contributed by atoms with Gasteiger partial charge in [0.05, 0.1) is 6.20 Å². The van der Waals surface area contributed by atoms with E-state index in [1.165, 1.54) is 0 Å². The van der Waals surface area contributed by atoms with Crippen LogP contribution in [0, 0.1) is 11.8 Å². The van der Waals surface area contributed by atoms with Crippen LogP contribution in [0.15, 0.2) is 12.4 Å². The highest BCUT2D eigenvalue weighted by Gasteiger charge is 2.17. The number of aromatic nitrogens is 2. The van der Waals surface area contributed by atoms with E-state index in [4.69, 9.17) is 5.73 Å². The molecule has 1 aromatic heterocycles. The summed E-state index contributed by atoms with van der Waals surface area (Å²) in [6, 6.07) is 0. The van der Waals surface area contributed by atoms with Gasteiger partial charge in [-0.2, -0.15) is 5.10 Å². The van der Waals surface area contributed by atoms with Crippen molar-refractivity contribution >= 4 is 5.91 Å². The van der Waals surface area contributed by atoms with E-state index in [2.05, 4.69) is 24.0 Å². The standard InChI is InChI=1S/C13H24N4O/c1-10(2)4-11(6-14)5-13(18)17(3)9-12-7-15-16-8-12/h7-8,10-11H,4-6,9,14H2,1-3H3,(H,15,16)/t11-/m0/s1. The molecule has 0 aliphatic heterocycles. The minimum atomic E-state index is 0.146. The molecule has 1 rings (SSSR count). The molecule has 0 spiro atoms. The van der Waals surface area contributed by atoms with E-state index in [1.807, 2.05) is 7.05 Å². The molecule has 0 fully saturated rings. The number of rotatable bonds is 7. The first-order chi connectivity index (χ1) is 8.52. The minimum Gasteiger partial charge on any atom is -0.341 e. The molecular weight excluding hydrogens is 228 g/mol. The van der Waals surface area contributed by atoms with Gasteiger partial charge in [-0.05, 0) is 24.8 Å². The molecule has 1 aromatic rings. The van der Waals surface area contributed by atoms with Crippen molar-refractivity contribution in [2.24, 2.45) is 17.6 Å². The Labute approximate surface area is 109 Å². The average molecular weight is 252 g/mol. The zero-order valence-corrected chi connectivity index (χ0v) is 11.5. The van der Waals surface area contributed by atoms with Crippen LogP contribution in [0.1, 0.15) is 32.3 Å². The van der Waals surface area contributed by atoms with Crippen molar-refractivity contribution in [2.75, 3.05) is 13.6 Å². The van der Waals surface area contributed by atoms with E-state index < -0.39 is 0 Å². The normalized spacial score (nSPS) is 12.7. The lowest BCUT2D eigenvalue weighted by atomic mass is 9.94. The number of hydrogen-bond acceptors (Lipinski definition) is 3. The first-order valence-corrected chi connectivity index (χ1v) is 6.44. The van der Waals surface area contributed by atoms with Crippen LogP contribution < -0.4 is 5.73 Å². The van der Waals surface area contributed by atoms with Crippen LogP contribution in [-0.2, 0) is 11.3 Å². The van der Waals surface area contributed by atoms with Crippen LogP contribution >= 0.6 is 0 Å². The van der Waals surface area contributed by atoms with Crippen molar-refractivity contribution in [1.82, 2.24) is 15.1 Å². The molecule has 5 nitrogen and oxygen atoms in total. The van der Waals surface area contributed by atoms with Gasteiger partial charge < -0.3 is 10.6 Å². The molecular formula is C13H24N4O. The summed E-state index contributed by atoms with van der Waals surface area (Å²) in [5.41, 5.74) is 6.73. The summed E-state index contributed by atoms with van der Waals surface area (Å²) in [4.78, 5) is 13.8. The molecule has 0 saturated heterocycles. The third kappa shape index (κ3) is 4.87. The molecule has 0 aromatic carbocycles. The molecule has 0 aliphatic rings. The van der Waals surface area contributed by atoms with Crippen molar-refractivity contribution in [1.29, 1.82) is 0 Å². The van der Waals surface area contributed by atoms with Crippen LogP contribution in [0.2, 0.25) is 0 Å². The minimum absolute atomic E-state index is 0.146. The maximum Gasteiger partial charge on any atom is 0.222 e. The molecule has 1 heterocycles. The van der Waals surface area contributed by atoms with Crippen LogP contribution in [0.25, 0.3) is 0 Å². The zero-order valence-electron chi connectivity index (χ0n) is 11.5. The van der Waals surface area contributed by atoms with E-state index in [9.17, 15) is 4.79 Å². The average Bonchev–Trinajstić information content (AvgIpc) is 2.80. The number of carbonyl (C=O) groups is 1. The predicted molar refractivity (Wildman–Crippen MR) is 71.7 cm³/mol. The van der Waals surface area contributed by atoms with Gasteiger partial charge in [-0.3, -0.25) is 9.89 Å². The van der Waals surface area contributed by atoms with Gasteiger partial charge >= 0.3 is 0 Å². The predicted octanol–water partition coefficient (Wildman–Crippen LogP) is 1.38. The van der Waals surface area contributed by atoms with Crippen molar-refractivity contribution in [2.45, 2.75) is 33.2 Å². The summed E-state index contributed by atoms with van der Waals surface area (Å²) in [6.45, 7) is 5.47. The van der Waals surface area contributed by atoms with Crippen molar-refractivity contribution in [3.8, 4) is 0 Å². The van der Waals surface area contributed by atoms with E-state index in [0.29, 0.717) is 25.4 Å². The first kappa shape index (κ1) is 14.7. The number of amides is 1. The smallest absolute Gasteiger partial charge is 0.222 e. The second-order valence-electron chi connectivity index (χ2n) is 5.29. The topological polar surface area (TPSA) is 75.0 Å². The second-order valence-corrected chi connectivity index (χ2v) is 5.29. The Hall–Kier alpha value is -1.36. The van der Waals surface area contributed by atoms with Gasteiger partial charge in [-0.1, -0.05) is 13.8 Å². The van der Waals surface area contributed by atoms with Crippen LogP contribution in [0.3, 0.4) is 0 Å². The summed E-state index contributed by atoms with van der Waals surface area (Å²) in [5, 5.41) is 6.61. The molecule has 102 valence electrons. The van der Waals surface area contributed by atoms with E-state index in [-0.39, 0.29) is 11.8 Å². The number of nitrogens with two attached hydrogens (primary N) is 1. The van der Waals surface area contributed by atoms with Gasteiger partial charge in [0.25, 0.3) is 0 Å². The molecule has 0 saturated carbocycles. The molecule has 0 radical (unpaired) electrons. The van der Waals surface area contributed by atoms with Gasteiger partial charge in [0.1, 0.15) is 0 Å². The summed E-state index contributed by atoms with van der Waals surface area (Å²) < 4.78 is 0. The van der Waals surface area contributed by atoms with Crippen molar-refractivity contribution in [3.63, 3.8) is 0 Å². The number of nitrogens with zero attached hydrogens (tertiary/aromatic N) is 2. The maximum atomic E-state index is 12.1. The fourth-order valence-corrected chi connectivity index (χ4v) is 2.06. The summed E-state index contributed by atoms with van der Waals surface area (Å²) in [7, 11) is 1.82. The Morgan fingerprint density at radius 1 is 1.56 bits per heavy atom. The third-order valence-corrected chi connectivity index (χ3v) is 3.00. The zero-order chi connectivity index (χ0) is 13.5. The van der Waals surface area contributed by atoms with Gasteiger partial charge in [-0.25, -0.2) is 0 Å². The van der Waals surface area contributed by atoms with Crippen LogP contribution in [-0.4, -0.2) is 34.6 Å². The van der Waals surface area contributed by atoms with Crippen molar-refractivity contribution in [3.05, 3.63) is 18.0 Å². The number of hydrogen-bond donors (Lipinski definition) is 2. The van der Waals surface area contributed by atoms with Gasteiger partial charge in [0.15, 0.2) is 0 Å². The van der Waals surface area contributed by atoms with Gasteiger partial charge in [0, 0.05) is 31.8 Å². The Bertz CT molecular complexity index is 348. The maximum absolute atomic E-state index is 12.1. The molecule has 0 aliphatic carbocycles. The third-order valence-electron chi connectivity index (χ3n) is 3.00. The van der Waals surface area contributed by atoms with Crippen LogP contribution in [0.5, 0.6) is 0 Å². The SMILES string of the molecule is CC(C)C[C@H](CN)CC(=O)N(C)Cc1cn[nH]c1. The van der Waals surface area contributed by atoms with E-state index >= 15 is 0 Å². The molecule has 1 amide bonds. The first-order valence-electron chi connectivity index (χ1n) is 6.44. The highest BCUT2D eigenvalue weighted by molar-refractivity contribution is 5.76. The Balaban J connectivity index is 2.43. The highest BCUT2D eigenvalue weighted by Crippen LogP contribution is 2.15. The van der Waals surface area contributed by atoms with Crippen molar-refractivity contribution < 1.29 is 4.79 Å². The summed E-state index contributed by atoms with van der Waals surface area (Å²) >= 11 is 0. The second kappa shape index (κ2) is 7.16. The van der Waals surface area contributed by atoms with E-state index in [0.717, 1.165) is 12.0 Å². The number of nitrogens with one attached hydrogen (secondary N) is 1. The number of carbonyl (C=O) groups excluding carboxylic acids is 1. The van der Waals surface area contributed by atoms with Gasteiger partial charge in [0.2, 0.25) is 5.91 Å². The number of H-pyrrole nitrogens is 1. The quantitative estimate of drug-likeness (QED) is 0.770. The number of aromatic amines is 1. The lowest BCUT2D eigenvalue weighted by Gasteiger charge is -2.21. The largest absolute Gasteiger partial charge is 0.341 e. The molecule has 5 heteroatoms. The lowest BCUT2D eigenvalue weighted by Crippen LogP contribution is -2.30. The molecule has 18 heavy (non-hydrogen) atoms. The van der Waals surface area contributed by atoms with E-state index in [1.54, 1.807) is 17.3 Å². The summed E-state index contributed by atoms with van der Waals surface area (Å²) in [6.07, 6.45) is 5.07. The fraction of sp³-hybridized carbons (Fsp3) is 0.692. The Morgan fingerprint density at radius 3 is 2.78 bits per heavy atom. The van der Waals surface area contributed by atoms with Crippen LogP contribution in [0.4, 0.5) is 0 Å². The van der Waals surface area contributed by atoms with Gasteiger partial charge in [-0.15, -0.1) is 0 Å². The molecule has 3 N–H and O–H groups in total. The Morgan fingerprint density at radius 2 is 2.28 bits per heavy atom. The monoisotopic (exact) mass is 252 g/mol. The summed E-state index contributed by atoms with van der Waals surface area (Å²) in [5.74, 6) is 1.00. The molecule has 0 unspecified atom stereocenters. The molecule has 1 atom stereocenters. The Kier molecular flexibility index (Phi) is 5.85.